The van der Waals surface area contributed by atoms with Crippen LogP contribution in [0.2, 0.25) is 5.02 Å². The van der Waals surface area contributed by atoms with Crippen molar-refractivity contribution in [3.63, 3.8) is 0 Å². The second-order valence-electron chi connectivity index (χ2n) is 4.40. The summed E-state index contributed by atoms with van der Waals surface area (Å²) in [4.78, 5) is 11.9. The monoisotopic (exact) mass is 285 g/mol. The first-order chi connectivity index (χ1) is 9.69. The first-order valence-corrected chi connectivity index (χ1v) is 6.89. The molecule has 2 nitrogen and oxygen atoms in total. The number of hydrogen-bond acceptors (Lipinski definition) is 2. The second-order valence-corrected chi connectivity index (χ2v) is 4.84. The van der Waals surface area contributed by atoms with Crippen LogP contribution in [0.4, 0.5) is 5.69 Å². The van der Waals surface area contributed by atoms with E-state index < -0.39 is 0 Å². The Hall–Kier alpha value is -2.06. The van der Waals surface area contributed by atoms with Gasteiger partial charge in [-0.3, -0.25) is 4.79 Å². The Morgan fingerprint density at radius 1 is 1.10 bits per heavy atom. The van der Waals surface area contributed by atoms with E-state index in [4.69, 9.17) is 11.6 Å². The molecule has 0 radical (unpaired) electrons. The number of nitrogens with one attached hydrogen (secondary N) is 1. The largest absolute Gasteiger partial charge is 0.362 e. The standard InChI is InChI=1S/C17H16ClNO/c1-2-13-3-5-14(6-4-13)17(20)11-12-19-16-9-7-15(18)8-10-16/h3-12,19H,2H2,1H3. The van der Waals surface area contributed by atoms with E-state index in [1.54, 1.807) is 18.3 Å². The number of benzene rings is 2. The van der Waals surface area contributed by atoms with E-state index in [2.05, 4.69) is 12.2 Å². The highest BCUT2D eigenvalue weighted by Gasteiger charge is 2.00. The summed E-state index contributed by atoms with van der Waals surface area (Å²) in [5.74, 6) is -0.0193. The SMILES string of the molecule is CCc1ccc(C(=O)C=CNc2ccc(Cl)cc2)cc1. The first-order valence-electron chi connectivity index (χ1n) is 6.51. The van der Waals surface area contributed by atoms with Crippen LogP contribution in [-0.2, 0) is 6.42 Å². The van der Waals surface area contributed by atoms with E-state index in [0.717, 1.165) is 12.1 Å². The Kier molecular flexibility index (Phi) is 4.97. The van der Waals surface area contributed by atoms with Crippen molar-refractivity contribution in [2.24, 2.45) is 0 Å². The van der Waals surface area contributed by atoms with E-state index in [1.165, 1.54) is 11.6 Å². The normalized spacial score (nSPS) is 10.7. The zero-order chi connectivity index (χ0) is 14.4. The van der Waals surface area contributed by atoms with Crippen molar-refractivity contribution in [3.05, 3.63) is 77.0 Å². The Bertz CT molecular complexity index is 600. The Morgan fingerprint density at radius 3 is 2.35 bits per heavy atom. The number of aryl methyl sites for hydroxylation is 1. The number of hydrogen-bond donors (Lipinski definition) is 1. The number of rotatable bonds is 5. The predicted octanol–water partition coefficient (Wildman–Crippen LogP) is 4.71. The number of halogens is 1. The summed E-state index contributed by atoms with van der Waals surface area (Å²) in [6, 6.07) is 15.0. The maximum atomic E-state index is 11.9. The summed E-state index contributed by atoms with van der Waals surface area (Å²) in [6.45, 7) is 2.09. The molecule has 0 atom stereocenters. The zero-order valence-corrected chi connectivity index (χ0v) is 12.0. The molecule has 0 aromatic heterocycles. The molecule has 0 amide bonds. The molecule has 0 saturated carbocycles. The topological polar surface area (TPSA) is 29.1 Å². The molecule has 1 N–H and O–H groups in total. The maximum absolute atomic E-state index is 11.9. The van der Waals surface area contributed by atoms with Crippen molar-refractivity contribution in [2.45, 2.75) is 13.3 Å². The van der Waals surface area contributed by atoms with Crippen molar-refractivity contribution in [3.8, 4) is 0 Å². The van der Waals surface area contributed by atoms with Crippen LogP contribution in [0.5, 0.6) is 0 Å². The first kappa shape index (κ1) is 14.4. The summed E-state index contributed by atoms with van der Waals surface area (Å²) >= 11 is 5.80. The molecule has 0 bridgehead atoms. The zero-order valence-electron chi connectivity index (χ0n) is 11.3. The van der Waals surface area contributed by atoms with Gasteiger partial charge in [-0.1, -0.05) is 42.8 Å². The Balaban J connectivity index is 1.96. The van der Waals surface area contributed by atoms with Gasteiger partial charge in [-0.2, -0.15) is 0 Å². The maximum Gasteiger partial charge on any atom is 0.187 e. The van der Waals surface area contributed by atoms with Crippen molar-refractivity contribution >= 4 is 23.1 Å². The van der Waals surface area contributed by atoms with Gasteiger partial charge >= 0.3 is 0 Å². The van der Waals surface area contributed by atoms with E-state index in [9.17, 15) is 4.79 Å². The van der Waals surface area contributed by atoms with E-state index >= 15 is 0 Å². The van der Waals surface area contributed by atoms with Gasteiger partial charge in [0.2, 0.25) is 0 Å². The van der Waals surface area contributed by atoms with Gasteiger partial charge in [0.05, 0.1) is 0 Å². The summed E-state index contributed by atoms with van der Waals surface area (Å²) in [6.07, 6.45) is 4.14. The smallest absolute Gasteiger partial charge is 0.187 e. The molecule has 3 heteroatoms. The van der Waals surface area contributed by atoms with Crippen LogP contribution in [0, 0.1) is 0 Å². The third-order valence-corrected chi connectivity index (χ3v) is 3.23. The molecule has 0 unspecified atom stereocenters. The average Bonchev–Trinajstić information content (AvgIpc) is 2.49. The van der Waals surface area contributed by atoms with Gasteiger partial charge in [0.25, 0.3) is 0 Å². The molecule has 0 aliphatic rings. The average molecular weight is 286 g/mol. The van der Waals surface area contributed by atoms with Gasteiger partial charge in [0, 0.05) is 28.5 Å². The number of carbonyl (C=O) groups excluding carboxylic acids is 1. The third-order valence-electron chi connectivity index (χ3n) is 2.98. The van der Waals surface area contributed by atoms with Crippen molar-refractivity contribution in [1.29, 1.82) is 0 Å². The van der Waals surface area contributed by atoms with Crippen LogP contribution >= 0.6 is 11.6 Å². The summed E-state index contributed by atoms with van der Waals surface area (Å²) in [5.41, 5.74) is 2.81. The van der Waals surface area contributed by atoms with Gasteiger partial charge in [-0.15, -0.1) is 0 Å². The van der Waals surface area contributed by atoms with Crippen LogP contribution in [0.25, 0.3) is 0 Å². The number of allylic oxidation sites excluding steroid dienone is 1. The molecule has 0 spiro atoms. The third kappa shape index (κ3) is 3.97. The van der Waals surface area contributed by atoms with Crippen LogP contribution in [0.15, 0.2) is 60.8 Å². The van der Waals surface area contributed by atoms with E-state index in [0.29, 0.717) is 10.6 Å². The lowest BCUT2D eigenvalue weighted by molar-refractivity contribution is 0.104. The molecule has 0 fully saturated rings. The summed E-state index contributed by atoms with van der Waals surface area (Å²) in [5, 5.41) is 3.72. The molecule has 2 aromatic carbocycles. The van der Waals surface area contributed by atoms with Gasteiger partial charge in [-0.25, -0.2) is 0 Å². The van der Waals surface area contributed by atoms with Gasteiger partial charge in [0.15, 0.2) is 5.78 Å². The van der Waals surface area contributed by atoms with Crippen molar-refractivity contribution < 1.29 is 4.79 Å². The molecule has 2 aromatic rings. The molecule has 2 rings (SSSR count). The number of anilines is 1. The predicted molar refractivity (Wildman–Crippen MR) is 84.4 cm³/mol. The molecule has 0 saturated heterocycles. The molecular formula is C17H16ClNO. The number of ketones is 1. The van der Waals surface area contributed by atoms with Crippen LogP contribution in [0.1, 0.15) is 22.8 Å². The van der Waals surface area contributed by atoms with Crippen LogP contribution in [-0.4, -0.2) is 5.78 Å². The van der Waals surface area contributed by atoms with E-state index in [1.807, 2.05) is 36.4 Å². The summed E-state index contributed by atoms with van der Waals surface area (Å²) < 4.78 is 0. The lowest BCUT2D eigenvalue weighted by Crippen LogP contribution is -1.96. The minimum Gasteiger partial charge on any atom is -0.362 e. The summed E-state index contributed by atoms with van der Waals surface area (Å²) in [7, 11) is 0. The Labute approximate surface area is 124 Å². The minimum atomic E-state index is -0.0193. The van der Waals surface area contributed by atoms with Gasteiger partial charge < -0.3 is 5.32 Å². The van der Waals surface area contributed by atoms with Crippen molar-refractivity contribution in [2.75, 3.05) is 5.32 Å². The number of carbonyl (C=O) groups is 1. The van der Waals surface area contributed by atoms with E-state index in [-0.39, 0.29) is 5.78 Å². The van der Waals surface area contributed by atoms with Gasteiger partial charge in [-0.05, 0) is 36.2 Å². The van der Waals surface area contributed by atoms with Crippen molar-refractivity contribution in [1.82, 2.24) is 0 Å². The van der Waals surface area contributed by atoms with Crippen LogP contribution < -0.4 is 5.32 Å². The Morgan fingerprint density at radius 2 is 1.75 bits per heavy atom. The molecule has 102 valence electrons. The molecule has 20 heavy (non-hydrogen) atoms. The lowest BCUT2D eigenvalue weighted by Gasteiger charge is -2.01. The second kappa shape index (κ2) is 6.92. The fourth-order valence-corrected chi connectivity index (χ4v) is 1.89. The highest BCUT2D eigenvalue weighted by atomic mass is 35.5. The molecule has 0 aliphatic carbocycles. The van der Waals surface area contributed by atoms with Gasteiger partial charge in [0.1, 0.15) is 0 Å². The molecular weight excluding hydrogens is 270 g/mol. The lowest BCUT2D eigenvalue weighted by atomic mass is 10.1. The van der Waals surface area contributed by atoms with Crippen LogP contribution in [0.3, 0.4) is 0 Å². The fourth-order valence-electron chi connectivity index (χ4n) is 1.76. The fraction of sp³-hybridized carbons (Fsp3) is 0.118. The molecule has 0 aliphatic heterocycles. The quantitative estimate of drug-likeness (QED) is 0.637. The highest BCUT2D eigenvalue weighted by Crippen LogP contribution is 2.13. The molecule has 0 heterocycles. The highest BCUT2D eigenvalue weighted by molar-refractivity contribution is 6.30. The minimum absolute atomic E-state index is 0.0193.